The Morgan fingerprint density at radius 2 is 2.21 bits per heavy atom. The third kappa shape index (κ3) is 4.29. The summed E-state index contributed by atoms with van der Waals surface area (Å²) in [5.41, 5.74) is 3.03. The van der Waals surface area contributed by atoms with Crippen LogP contribution in [0.2, 0.25) is 5.02 Å². The lowest BCUT2D eigenvalue weighted by Crippen LogP contribution is -2.37. The Balaban J connectivity index is 1.87. The van der Waals surface area contributed by atoms with E-state index in [0.717, 1.165) is 11.3 Å². The summed E-state index contributed by atoms with van der Waals surface area (Å²) in [6, 6.07) is 8.09. The molecule has 0 fully saturated rings. The van der Waals surface area contributed by atoms with Crippen LogP contribution in [0.1, 0.15) is 11.7 Å². The summed E-state index contributed by atoms with van der Waals surface area (Å²) >= 11 is 5.86. The molecule has 0 amide bonds. The first-order valence-electron chi connectivity index (χ1n) is 8.44. The van der Waals surface area contributed by atoms with Gasteiger partial charge in [0, 0.05) is 35.1 Å². The van der Waals surface area contributed by atoms with Gasteiger partial charge >= 0.3 is 5.97 Å². The van der Waals surface area contributed by atoms with E-state index in [1.807, 2.05) is 12.1 Å². The average Bonchev–Trinajstić information content (AvgIpc) is 2.68. The molecule has 0 saturated heterocycles. The molecule has 28 heavy (non-hydrogen) atoms. The lowest BCUT2D eigenvalue weighted by atomic mass is 10.1. The summed E-state index contributed by atoms with van der Waals surface area (Å²) in [5.74, 6) is -0.990. The van der Waals surface area contributed by atoms with Crippen LogP contribution in [0.4, 0.5) is 21.5 Å². The number of anilines is 3. The highest BCUT2D eigenvalue weighted by Crippen LogP contribution is 2.37. The van der Waals surface area contributed by atoms with Gasteiger partial charge in [0.25, 0.3) is 0 Å². The van der Waals surface area contributed by atoms with E-state index in [9.17, 15) is 9.18 Å². The lowest BCUT2D eigenvalue weighted by Gasteiger charge is -2.30. The van der Waals surface area contributed by atoms with E-state index in [4.69, 9.17) is 21.4 Å². The van der Waals surface area contributed by atoms with Crippen LogP contribution in [-0.2, 0) is 4.79 Å². The van der Waals surface area contributed by atoms with E-state index in [-0.39, 0.29) is 23.3 Å². The van der Waals surface area contributed by atoms with Crippen LogP contribution in [0.25, 0.3) is 0 Å². The zero-order valence-electron chi connectivity index (χ0n) is 15.1. The van der Waals surface area contributed by atoms with Crippen molar-refractivity contribution < 1.29 is 19.0 Å². The summed E-state index contributed by atoms with van der Waals surface area (Å²) < 4.78 is 18.8. The van der Waals surface area contributed by atoms with Gasteiger partial charge in [-0.25, -0.2) is 9.18 Å². The zero-order valence-corrected chi connectivity index (χ0v) is 15.9. The Labute approximate surface area is 166 Å². The SMILES string of the molecule is C=C(CNc1cc2c(cc1OC)NCNC2Nc1ccc(F)c(Cl)c1)C(=O)O. The van der Waals surface area contributed by atoms with Crippen LogP contribution in [-0.4, -0.2) is 31.4 Å². The smallest absolute Gasteiger partial charge is 0.332 e. The van der Waals surface area contributed by atoms with Crippen LogP contribution in [0.3, 0.4) is 0 Å². The molecule has 0 saturated carbocycles. The maximum Gasteiger partial charge on any atom is 0.332 e. The van der Waals surface area contributed by atoms with Crippen LogP contribution in [0, 0.1) is 5.82 Å². The van der Waals surface area contributed by atoms with Crippen molar-refractivity contribution in [2.45, 2.75) is 6.17 Å². The van der Waals surface area contributed by atoms with Crippen LogP contribution in [0.15, 0.2) is 42.5 Å². The molecule has 0 bridgehead atoms. The Bertz CT molecular complexity index is 922. The maximum atomic E-state index is 13.4. The molecule has 148 valence electrons. The second-order valence-electron chi connectivity index (χ2n) is 6.17. The number of hydrogen-bond donors (Lipinski definition) is 5. The molecule has 1 aliphatic rings. The van der Waals surface area contributed by atoms with Crippen LogP contribution in [0.5, 0.6) is 5.75 Å². The molecule has 0 aromatic heterocycles. The molecule has 0 aliphatic carbocycles. The molecule has 3 rings (SSSR count). The van der Waals surface area contributed by atoms with Crippen molar-refractivity contribution in [3.63, 3.8) is 0 Å². The number of fused-ring (bicyclic) bond motifs is 1. The number of aliphatic carboxylic acids is 1. The molecule has 0 radical (unpaired) electrons. The van der Waals surface area contributed by atoms with Crippen LogP contribution < -0.4 is 26.0 Å². The van der Waals surface area contributed by atoms with Gasteiger partial charge in [0.15, 0.2) is 0 Å². The van der Waals surface area contributed by atoms with Crippen molar-refractivity contribution in [3.05, 3.63) is 58.9 Å². The predicted octanol–water partition coefficient (Wildman–Crippen LogP) is 3.62. The van der Waals surface area contributed by atoms with E-state index < -0.39 is 11.8 Å². The minimum Gasteiger partial charge on any atom is -0.495 e. The quantitative estimate of drug-likeness (QED) is 0.448. The first-order valence-corrected chi connectivity index (χ1v) is 8.82. The molecule has 0 spiro atoms. The highest BCUT2D eigenvalue weighted by atomic mass is 35.5. The second-order valence-corrected chi connectivity index (χ2v) is 6.57. The fourth-order valence-electron chi connectivity index (χ4n) is 2.81. The van der Waals surface area contributed by atoms with Crippen molar-refractivity contribution in [2.75, 3.05) is 36.3 Å². The normalized spacial score (nSPS) is 15.2. The summed E-state index contributed by atoms with van der Waals surface area (Å²) in [5, 5.41) is 21.8. The molecule has 5 N–H and O–H groups in total. The number of carboxylic acid groups (broad SMARTS) is 1. The first kappa shape index (κ1) is 19.8. The van der Waals surface area contributed by atoms with Gasteiger partial charge in [-0.1, -0.05) is 18.2 Å². The molecule has 2 aromatic rings. The number of halogens is 2. The topological polar surface area (TPSA) is 94.7 Å². The minimum absolute atomic E-state index is 0.0310. The second kappa shape index (κ2) is 8.37. The standard InChI is InChI=1S/C19H20ClFN4O3/c1-10(19(26)27)8-22-16-6-12-15(7-17(16)28-2)23-9-24-18(12)25-11-3-4-14(21)13(20)5-11/h3-7,18,22-25H,1,8-9H2,2H3,(H,26,27). The van der Waals surface area contributed by atoms with E-state index >= 15 is 0 Å². The number of carbonyl (C=O) groups is 1. The number of nitrogens with one attached hydrogen (secondary N) is 4. The third-order valence-corrected chi connectivity index (χ3v) is 4.58. The summed E-state index contributed by atoms with van der Waals surface area (Å²) in [6.45, 7) is 4.09. The van der Waals surface area contributed by atoms with Crippen molar-refractivity contribution in [1.29, 1.82) is 0 Å². The van der Waals surface area contributed by atoms with Gasteiger partial charge in [-0.3, -0.25) is 5.32 Å². The van der Waals surface area contributed by atoms with E-state index in [0.29, 0.717) is 23.8 Å². The highest BCUT2D eigenvalue weighted by molar-refractivity contribution is 6.31. The molecule has 2 aromatic carbocycles. The molecule has 9 heteroatoms. The number of ether oxygens (including phenoxy) is 1. The first-order chi connectivity index (χ1) is 13.4. The fourth-order valence-corrected chi connectivity index (χ4v) is 2.99. The average molecular weight is 407 g/mol. The van der Waals surface area contributed by atoms with Crippen molar-refractivity contribution >= 4 is 34.6 Å². The number of benzene rings is 2. The van der Waals surface area contributed by atoms with Gasteiger partial charge in [0.1, 0.15) is 17.7 Å². The van der Waals surface area contributed by atoms with Gasteiger partial charge < -0.3 is 25.8 Å². The van der Waals surface area contributed by atoms with E-state index in [1.165, 1.54) is 19.2 Å². The monoisotopic (exact) mass is 406 g/mol. The van der Waals surface area contributed by atoms with E-state index in [2.05, 4.69) is 27.8 Å². The van der Waals surface area contributed by atoms with Gasteiger partial charge in [0.2, 0.25) is 0 Å². The predicted molar refractivity (Wildman–Crippen MR) is 108 cm³/mol. The minimum atomic E-state index is -1.07. The summed E-state index contributed by atoms with van der Waals surface area (Å²) in [7, 11) is 1.54. The largest absolute Gasteiger partial charge is 0.495 e. The Morgan fingerprint density at radius 1 is 1.43 bits per heavy atom. The van der Waals surface area contributed by atoms with Gasteiger partial charge in [-0.2, -0.15) is 0 Å². The number of methoxy groups -OCH3 is 1. The highest BCUT2D eigenvalue weighted by Gasteiger charge is 2.22. The molecule has 1 atom stereocenters. The third-order valence-electron chi connectivity index (χ3n) is 4.29. The summed E-state index contributed by atoms with van der Waals surface area (Å²) in [6.07, 6.45) is -0.285. The van der Waals surface area contributed by atoms with E-state index in [1.54, 1.807) is 6.07 Å². The fraction of sp³-hybridized carbons (Fsp3) is 0.211. The number of hydrogen-bond acceptors (Lipinski definition) is 6. The molecular weight excluding hydrogens is 387 g/mol. The Kier molecular flexibility index (Phi) is 5.91. The molecule has 1 heterocycles. The molecule has 7 nitrogen and oxygen atoms in total. The molecule has 1 aliphatic heterocycles. The van der Waals surface area contributed by atoms with Gasteiger partial charge in [-0.15, -0.1) is 0 Å². The zero-order chi connectivity index (χ0) is 20.3. The van der Waals surface area contributed by atoms with Crippen molar-refractivity contribution in [2.24, 2.45) is 0 Å². The Hall–Kier alpha value is -2.97. The Morgan fingerprint density at radius 3 is 2.89 bits per heavy atom. The van der Waals surface area contributed by atoms with Crippen LogP contribution >= 0.6 is 11.6 Å². The molecular formula is C19H20ClFN4O3. The number of carboxylic acids is 1. The maximum absolute atomic E-state index is 13.4. The van der Waals surface area contributed by atoms with Gasteiger partial charge in [0.05, 0.1) is 24.5 Å². The molecule has 1 unspecified atom stereocenters. The summed E-state index contributed by atoms with van der Waals surface area (Å²) in [4.78, 5) is 11.0. The van der Waals surface area contributed by atoms with Crippen molar-refractivity contribution in [1.82, 2.24) is 5.32 Å². The lowest BCUT2D eigenvalue weighted by molar-refractivity contribution is -0.132. The van der Waals surface area contributed by atoms with Gasteiger partial charge in [-0.05, 0) is 24.3 Å². The van der Waals surface area contributed by atoms with Crippen molar-refractivity contribution in [3.8, 4) is 5.75 Å². The number of rotatable bonds is 7.